The Kier molecular flexibility index (Phi) is 9.84. The fraction of sp³-hybridized carbons (Fsp3) is 0.632. The zero-order valence-electron chi connectivity index (χ0n) is 28.5. The van der Waals surface area contributed by atoms with E-state index in [2.05, 4.69) is 18.7 Å². The van der Waals surface area contributed by atoms with E-state index >= 15 is 0 Å². The topological polar surface area (TPSA) is 134 Å². The molecule has 260 valence electrons. The van der Waals surface area contributed by atoms with Crippen molar-refractivity contribution in [1.29, 1.82) is 0 Å². The van der Waals surface area contributed by atoms with Crippen molar-refractivity contribution in [3.05, 3.63) is 59.2 Å². The van der Waals surface area contributed by atoms with Gasteiger partial charge in [0.1, 0.15) is 12.2 Å². The molecule has 6 unspecified atom stereocenters. The first-order valence-corrected chi connectivity index (χ1v) is 17.6. The lowest BCUT2D eigenvalue weighted by molar-refractivity contribution is -0.181. The summed E-state index contributed by atoms with van der Waals surface area (Å²) >= 11 is 0. The fourth-order valence-electron chi connectivity index (χ4n) is 9.68. The lowest BCUT2D eigenvalue weighted by Gasteiger charge is -2.59. The third-order valence-corrected chi connectivity index (χ3v) is 12.5. The van der Waals surface area contributed by atoms with Crippen LogP contribution in [-0.4, -0.2) is 108 Å². The van der Waals surface area contributed by atoms with E-state index in [-0.39, 0.29) is 55.5 Å². The maximum Gasteiger partial charge on any atom is 0.338 e. The van der Waals surface area contributed by atoms with Crippen molar-refractivity contribution in [2.45, 2.75) is 71.0 Å². The van der Waals surface area contributed by atoms with E-state index in [4.69, 9.17) is 9.47 Å². The molecule has 1 aliphatic heterocycles. The third-order valence-electron chi connectivity index (χ3n) is 12.5. The highest BCUT2D eigenvalue weighted by molar-refractivity contribution is 6.01. The van der Waals surface area contributed by atoms with Gasteiger partial charge < -0.3 is 19.7 Å². The average Bonchev–Trinajstić information content (AvgIpc) is 3.34. The Morgan fingerprint density at radius 3 is 2.42 bits per heavy atom. The molecule has 6 rings (SSSR count). The van der Waals surface area contributed by atoms with E-state index in [1.165, 1.54) is 5.56 Å². The van der Waals surface area contributed by atoms with Gasteiger partial charge in [-0.15, -0.1) is 0 Å². The molecule has 1 saturated heterocycles. The Morgan fingerprint density at radius 1 is 1.00 bits per heavy atom. The summed E-state index contributed by atoms with van der Waals surface area (Å²) < 4.78 is 10.9. The van der Waals surface area contributed by atoms with E-state index in [9.17, 15) is 29.4 Å². The molecule has 4 fully saturated rings. The molecule has 1 heterocycles. The van der Waals surface area contributed by atoms with Gasteiger partial charge in [-0.1, -0.05) is 44.6 Å². The standard InChI is InChI=1S/C38H50N2O8/c1-4-25-5-7-26(8-6-25)35(45)47-20-19-39-15-17-40(18-16-39)23-33(44)48-24-32(43)38(46)14-12-30-29-10-9-27-21-28(41)11-13-36(27,2)34(29)31(42)22-37(30,38)3/h5-8,11,13,21,29-31,34,42,46H,4,9-10,12,14-20,22-24H2,1-3H3/t29?,30?,31?,34?,36?,37?,38-/m0/s1. The number of carbonyl (C=O) groups excluding carboxylic acids is 4. The average molecular weight is 663 g/mol. The number of piperazine rings is 1. The van der Waals surface area contributed by atoms with Crippen molar-refractivity contribution in [3.8, 4) is 0 Å². The van der Waals surface area contributed by atoms with Gasteiger partial charge in [-0.2, -0.15) is 0 Å². The fourth-order valence-corrected chi connectivity index (χ4v) is 9.68. The van der Waals surface area contributed by atoms with Gasteiger partial charge in [0.15, 0.2) is 12.4 Å². The van der Waals surface area contributed by atoms with Crippen molar-refractivity contribution in [3.63, 3.8) is 0 Å². The second-order valence-corrected chi connectivity index (χ2v) is 15.0. The van der Waals surface area contributed by atoms with Crippen LogP contribution in [0.15, 0.2) is 48.1 Å². The van der Waals surface area contributed by atoms with E-state index in [1.54, 1.807) is 24.3 Å². The zero-order valence-corrected chi connectivity index (χ0v) is 28.5. The van der Waals surface area contributed by atoms with Crippen LogP contribution in [-0.2, 0) is 30.3 Å². The van der Waals surface area contributed by atoms with Crippen LogP contribution in [0, 0.1) is 28.6 Å². The summed E-state index contributed by atoms with van der Waals surface area (Å²) in [6, 6.07) is 7.44. The normalized spacial score (nSPS) is 34.9. The number of fused-ring (bicyclic) bond motifs is 5. The monoisotopic (exact) mass is 662 g/mol. The summed E-state index contributed by atoms with van der Waals surface area (Å²) in [5.74, 6) is -1.31. The first-order chi connectivity index (χ1) is 22.9. The molecular formula is C38H50N2O8. The number of aliphatic hydroxyl groups is 2. The molecule has 2 N–H and O–H groups in total. The highest BCUT2D eigenvalue weighted by Crippen LogP contribution is 2.67. The predicted molar refractivity (Wildman–Crippen MR) is 178 cm³/mol. The molecule has 0 radical (unpaired) electrons. The number of aryl methyl sites for hydroxylation is 1. The molecule has 0 spiro atoms. The van der Waals surface area contributed by atoms with Gasteiger partial charge in [0.05, 0.1) is 18.2 Å². The van der Waals surface area contributed by atoms with Crippen molar-refractivity contribution >= 4 is 23.5 Å². The number of rotatable bonds is 10. The van der Waals surface area contributed by atoms with Crippen LogP contribution in [0.3, 0.4) is 0 Å². The Bertz CT molecular complexity index is 1480. The van der Waals surface area contributed by atoms with Gasteiger partial charge in [0.2, 0.25) is 5.78 Å². The van der Waals surface area contributed by atoms with Gasteiger partial charge in [0.25, 0.3) is 0 Å². The molecule has 0 amide bonds. The minimum Gasteiger partial charge on any atom is -0.461 e. The van der Waals surface area contributed by atoms with E-state index in [1.807, 2.05) is 30.0 Å². The molecule has 3 saturated carbocycles. The largest absolute Gasteiger partial charge is 0.461 e. The van der Waals surface area contributed by atoms with Gasteiger partial charge in [-0.3, -0.25) is 24.2 Å². The summed E-state index contributed by atoms with van der Waals surface area (Å²) in [5, 5.41) is 23.5. The number of carbonyl (C=O) groups is 4. The number of Topliss-reactive ketones (excluding diaryl/α,β-unsaturated/α-hetero) is 1. The van der Waals surface area contributed by atoms with E-state index < -0.39 is 40.9 Å². The third kappa shape index (κ3) is 6.32. The van der Waals surface area contributed by atoms with Crippen molar-refractivity contribution in [2.24, 2.45) is 28.6 Å². The number of ketones is 2. The molecule has 0 bridgehead atoms. The maximum atomic E-state index is 13.6. The molecule has 48 heavy (non-hydrogen) atoms. The lowest BCUT2D eigenvalue weighted by atomic mass is 9.46. The van der Waals surface area contributed by atoms with Crippen LogP contribution in [0.25, 0.3) is 0 Å². The van der Waals surface area contributed by atoms with Crippen molar-refractivity contribution < 1.29 is 38.9 Å². The summed E-state index contributed by atoms with van der Waals surface area (Å²) in [6.07, 6.45) is 8.20. The first-order valence-electron chi connectivity index (χ1n) is 17.6. The lowest BCUT2D eigenvalue weighted by Crippen LogP contribution is -2.61. The molecule has 10 nitrogen and oxygen atoms in total. The van der Waals surface area contributed by atoms with Crippen LogP contribution in [0.5, 0.6) is 0 Å². The maximum absolute atomic E-state index is 13.6. The number of nitrogens with zero attached hydrogens (tertiary/aromatic N) is 2. The van der Waals surface area contributed by atoms with Gasteiger partial charge in [-0.05, 0) is 80.2 Å². The van der Waals surface area contributed by atoms with Crippen LogP contribution in [0.4, 0.5) is 0 Å². The van der Waals surface area contributed by atoms with Crippen LogP contribution < -0.4 is 0 Å². The quantitative estimate of drug-likeness (QED) is 0.360. The molecular weight excluding hydrogens is 612 g/mol. The molecule has 1 aromatic carbocycles. The summed E-state index contributed by atoms with van der Waals surface area (Å²) in [7, 11) is 0. The van der Waals surface area contributed by atoms with Gasteiger partial charge >= 0.3 is 11.9 Å². The van der Waals surface area contributed by atoms with Gasteiger partial charge in [-0.25, -0.2) is 4.79 Å². The summed E-state index contributed by atoms with van der Waals surface area (Å²) in [5.41, 5.74) is -0.177. The second kappa shape index (κ2) is 13.6. The number of aliphatic hydroxyl groups excluding tert-OH is 1. The molecule has 5 aliphatic rings. The highest BCUT2D eigenvalue weighted by atomic mass is 16.5. The Hall–Kier alpha value is -3.18. The molecule has 4 aliphatic carbocycles. The number of esters is 2. The minimum absolute atomic E-state index is 0.0157. The Labute approximate surface area is 283 Å². The van der Waals surface area contributed by atoms with E-state index in [0.29, 0.717) is 44.7 Å². The SMILES string of the molecule is CCc1ccc(C(=O)OCCN2CCN(CC(=O)OCC(=O)[C@@]3(O)CCC4C5CCC6=CC(=O)C=CC6(C)C5C(O)CC43C)CC2)cc1. The Morgan fingerprint density at radius 2 is 1.71 bits per heavy atom. The van der Waals surface area contributed by atoms with Crippen LogP contribution >= 0.6 is 0 Å². The first kappa shape index (κ1) is 34.7. The van der Waals surface area contributed by atoms with Crippen molar-refractivity contribution in [2.75, 3.05) is 52.5 Å². The zero-order chi connectivity index (χ0) is 34.3. The number of hydrogen-bond acceptors (Lipinski definition) is 10. The number of benzene rings is 1. The highest BCUT2D eigenvalue weighted by Gasteiger charge is 2.68. The number of ether oxygens (including phenoxy) is 2. The molecule has 1 aromatic rings. The molecule has 10 heteroatoms. The second-order valence-electron chi connectivity index (χ2n) is 15.0. The molecule has 0 aromatic heterocycles. The Balaban J connectivity index is 0.955. The van der Waals surface area contributed by atoms with Crippen molar-refractivity contribution in [1.82, 2.24) is 9.80 Å². The minimum atomic E-state index is -1.69. The van der Waals surface area contributed by atoms with Crippen LogP contribution in [0.1, 0.15) is 68.8 Å². The smallest absolute Gasteiger partial charge is 0.338 e. The number of hydrogen-bond donors (Lipinski definition) is 2. The summed E-state index contributed by atoms with van der Waals surface area (Å²) in [4.78, 5) is 55.0. The van der Waals surface area contributed by atoms with E-state index in [0.717, 1.165) is 24.8 Å². The van der Waals surface area contributed by atoms with Crippen LogP contribution in [0.2, 0.25) is 0 Å². The molecule has 7 atom stereocenters. The van der Waals surface area contributed by atoms with Gasteiger partial charge in [0, 0.05) is 49.5 Å². The number of allylic oxidation sites excluding steroid dienone is 4. The predicted octanol–water partition coefficient (Wildman–Crippen LogP) is 3.15. The summed E-state index contributed by atoms with van der Waals surface area (Å²) in [6.45, 7) is 9.22.